The van der Waals surface area contributed by atoms with Gasteiger partial charge in [0.2, 0.25) is 0 Å². The summed E-state index contributed by atoms with van der Waals surface area (Å²) in [6, 6.07) is 21.9. The van der Waals surface area contributed by atoms with E-state index in [1.165, 1.54) is 0 Å². The minimum Gasteiger partial charge on any atom is -0.495 e. The highest BCUT2D eigenvalue weighted by Gasteiger charge is 2.26. The van der Waals surface area contributed by atoms with Crippen LogP contribution in [0.2, 0.25) is 0 Å². The van der Waals surface area contributed by atoms with Gasteiger partial charge in [0.25, 0.3) is 5.91 Å². The summed E-state index contributed by atoms with van der Waals surface area (Å²) in [6.07, 6.45) is 3.14. The second-order valence-electron chi connectivity index (χ2n) is 10.0. The third kappa shape index (κ3) is 6.12. The second kappa shape index (κ2) is 12.4. The van der Waals surface area contributed by atoms with E-state index in [0.717, 1.165) is 75.7 Å². The first-order chi connectivity index (χ1) is 19.6. The van der Waals surface area contributed by atoms with E-state index >= 15 is 0 Å². The number of likely N-dealkylation sites (tertiary alicyclic amines) is 1. The largest absolute Gasteiger partial charge is 0.495 e. The molecule has 2 N–H and O–H groups in total. The van der Waals surface area contributed by atoms with Gasteiger partial charge in [0, 0.05) is 56.3 Å². The summed E-state index contributed by atoms with van der Waals surface area (Å²) >= 11 is 0. The summed E-state index contributed by atoms with van der Waals surface area (Å²) in [6.45, 7) is 4.58. The monoisotopic (exact) mass is 538 g/mol. The molecule has 0 aromatic heterocycles. The standard InChI is InChI=1S/C31H34N6O3/c1-40-29-11-4-3-10-28(29)36-18-16-35(17-19-36)27-13-12-25(21-26(27)30(38)37-14-5-2-6-15-37)34-31(39)33-24-9-7-8-23(20-24)22-32/h3-4,7-13,20-21H,2,5-6,14-19H2,1H3,(H2,33,34,39). The van der Waals surface area contributed by atoms with Gasteiger partial charge in [-0.1, -0.05) is 18.2 Å². The molecule has 3 aromatic carbocycles. The van der Waals surface area contributed by atoms with E-state index in [2.05, 4.69) is 32.6 Å². The zero-order chi connectivity index (χ0) is 27.9. The maximum absolute atomic E-state index is 13.7. The summed E-state index contributed by atoms with van der Waals surface area (Å²) in [5.41, 5.74) is 4.05. The quantitative estimate of drug-likeness (QED) is 0.450. The van der Waals surface area contributed by atoms with Crippen molar-refractivity contribution in [1.29, 1.82) is 5.26 Å². The molecule has 2 saturated heterocycles. The van der Waals surface area contributed by atoms with E-state index in [0.29, 0.717) is 22.5 Å². The van der Waals surface area contributed by atoms with Crippen LogP contribution in [0.3, 0.4) is 0 Å². The Morgan fingerprint density at radius 3 is 2.15 bits per heavy atom. The van der Waals surface area contributed by atoms with E-state index in [1.54, 1.807) is 37.4 Å². The molecule has 0 atom stereocenters. The van der Waals surface area contributed by atoms with Crippen LogP contribution in [0, 0.1) is 11.3 Å². The van der Waals surface area contributed by atoms with Gasteiger partial charge in [0.1, 0.15) is 5.75 Å². The number of nitriles is 1. The Morgan fingerprint density at radius 2 is 1.45 bits per heavy atom. The van der Waals surface area contributed by atoms with Crippen molar-refractivity contribution < 1.29 is 14.3 Å². The SMILES string of the molecule is COc1ccccc1N1CCN(c2ccc(NC(=O)Nc3cccc(C#N)c3)cc2C(=O)N2CCCCC2)CC1. The van der Waals surface area contributed by atoms with Crippen molar-refractivity contribution in [3.63, 3.8) is 0 Å². The molecular weight excluding hydrogens is 504 g/mol. The second-order valence-corrected chi connectivity index (χ2v) is 10.0. The van der Waals surface area contributed by atoms with Gasteiger partial charge in [-0.25, -0.2) is 4.79 Å². The predicted molar refractivity (Wildman–Crippen MR) is 157 cm³/mol. The lowest BCUT2D eigenvalue weighted by atomic mass is 10.1. The number of anilines is 4. The molecule has 3 aromatic rings. The third-order valence-corrected chi connectivity index (χ3v) is 7.42. The molecule has 9 heteroatoms. The molecule has 0 bridgehead atoms. The Labute approximate surface area is 234 Å². The number of hydrogen-bond acceptors (Lipinski definition) is 6. The smallest absolute Gasteiger partial charge is 0.323 e. The highest BCUT2D eigenvalue weighted by atomic mass is 16.5. The number of hydrogen-bond donors (Lipinski definition) is 2. The fourth-order valence-electron chi connectivity index (χ4n) is 5.37. The number of carbonyl (C=O) groups is 2. The van der Waals surface area contributed by atoms with Crippen LogP contribution in [0.5, 0.6) is 5.75 Å². The van der Waals surface area contributed by atoms with Gasteiger partial charge in [-0.05, 0) is 67.8 Å². The van der Waals surface area contributed by atoms with E-state index < -0.39 is 6.03 Å². The fourth-order valence-corrected chi connectivity index (χ4v) is 5.37. The third-order valence-electron chi connectivity index (χ3n) is 7.42. The van der Waals surface area contributed by atoms with Crippen molar-refractivity contribution in [1.82, 2.24) is 4.90 Å². The predicted octanol–water partition coefficient (Wildman–Crippen LogP) is 5.16. The van der Waals surface area contributed by atoms with Crippen molar-refractivity contribution in [2.24, 2.45) is 0 Å². The van der Waals surface area contributed by atoms with Crippen molar-refractivity contribution in [3.8, 4) is 11.8 Å². The number of urea groups is 1. The van der Waals surface area contributed by atoms with Crippen LogP contribution in [0.1, 0.15) is 35.2 Å². The minimum absolute atomic E-state index is 0.00682. The average molecular weight is 539 g/mol. The molecule has 0 saturated carbocycles. The molecule has 0 unspecified atom stereocenters. The normalized spacial score (nSPS) is 15.2. The van der Waals surface area contributed by atoms with Crippen LogP contribution in [0.4, 0.5) is 27.5 Å². The van der Waals surface area contributed by atoms with Gasteiger partial charge in [-0.15, -0.1) is 0 Å². The van der Waals surface area contributed by atoms with Crippen LogP contribution in [0.25, 0.3) is 0 Å². The zero-order valence-corrected chi connectivity index (χ0v) is 22.7. The molecule has 0 aliphatic carbocycles. The van der Waals surface area contributed by atoms with Gasteiger partial charge in [0.15, 0.2) is 0 Å². The molecule has 9 nitrogen and oxygen atoms in total. The van der Waals surface area contributed by atoms with Crippen molar-refractivity contribution in [3.05, 3.63) is 77.9 Å². The van der Waals surface area contributed by atoms with E-state index in [1.807, 2.05) is 35.2 Å². The Balaban J connectivity index is 1.35. The van der Waals surface area contributed by atoms with Crippen LogP contribution in [0.15, 0.2) is 66.7 Å². The van der Waals surface area contributed by atoms with Crippen LogP contribution < -0.4 is 25.2 Å². The molecule has 2 fully saturated rings. The maximum Gasteiger partial charge on any atom is 0.323 e. The number of ether oxygens (including phenoxy) is 1. The lowest BCUT2D eigenvalue weighted by Crippen LogP contribution is -2.47. The highest BCUT2D eigenvalue weighted by molar-refractivity contribution is 6.04. The van der Waals surface area contributed by atoms with Gasteiger partial charge in [-0.3, -0.25) is 4.79 Å². The summed E-state index contributed by atoms with van der Waals surface area (Å²) < 4.78 is 5.56. The van der Waals surface area contributed by atoms with Crippen LogP contribution in [-0.4, -0.2) is 63.2 Å². The lowest BCUT2D eigenvalue weighted by Gasteiger charge is -2.39. The average Bonchev–Trinajstić information content (AvgIpc) is 3.01. The number of para-hydroxylation sites is 2. The molecule has 0 radical (unpaired) electrons. The van der Waals surface area contributed by atoms with E-state index in [4.69, 9.17) is 10.00 Å². The topological polar surface area (TPSA) is 101 Å². The zero-order valence-electron chi connectivity index (χ0n) is 22.7. The minimum atomic E-state index is -0.440. The molecule has 3 amide bonds. The van der Waals surface area contributed by atoms with E-state index in [9.17, 15) is 9.59 Å². The van der Waals surface area contributed by atoms with E-state index in [-0.39, 0.29) is 5.91 Å². The molecule has 2 aliphatic heterocycles. The number of rotatable bonds is 6. The maximum atomic E-state index is 13.7. The molecule has 0 spiro atoms. The molecule has 2 aliphatic rings. The molecule has 206 valence electrons. The Hall–Kier alpha value is -4.71. The number of piperazine rings is 1. The highest BCUT2D eigenvalue weighted by Crippen LogP contribution is 2.32. The number of nitrogens with zero attached hydrogens (tertiary/aromatic N) is 4. The van der Waals surface area contributed by atoms with Gasteiger partial charge < -0.3 is 30.1 Å². The first-order valence-electron chi connectivity index (χ1n) is 13.7. The lowest BCUT2D eigenvalue weighted by molar-refractivity contribution is 0.0725. The fraction of sp³-hybridized carbons (Fsp3) is 0.323. The molecule has 5 rings (SSSR count). The summed E-state index contributed by atoms with van der Waals surface area (Å²) in [5, 5.41) is 14.7. The molecular formula is C31H34N6O3. The van der Waals surface area contributed by atoms with Crippen molar-refractivity contribution in [2.75, 3.05) is 66.8 Å². The van der Waals surface area contributed by atoms with Crippen LogP contribution in [-0.2, 0) is 0 Å². The van der Waals surface area contributed by atoms with Gasteiger partial charge >= 0.3 is 6.03 Å². The number of nitrogens with one attached hydrogen (secondary N) is 2. The van der Waals surface area contributed by atoms with Crippen molar-refractivity contribution in [2.45, 2.75) is 19.3 Å². The number of methoxy groups -OCH3 is 1. The van der Waals surface area contributed by atoms with Crippen molar-refractivity contribution >= 4 is 34.7 Å². The summed E-state index contributed by atoms with van der Waals surface area (Å²) in [7, 11) is 1.69. The summed E-state index contributed by atoms with van der Waals surface area (Å²) in [5.74, 6) is 0.845. The Bertz CT molecular complexity index is 1400. The number of benzene rings is 3. The number of carbonyl (C=O) groups excluding carboxylic acids is 2. The number of piperidine rings is 1. The Morgan fingerprint density at radius 1 is 0.775 bits per heavy atom. The first kappa shape index (κ1) is 26.9. The van der Waals surface area contributed by atoms with Gasteiger partial charge in [-0.2, -0.15) is 5.26 Å². The first-order valence-corrected chi connectivity index (χ1v) is 13.7. The number of amides is 3. The molecule has 2 heterocycles. The summed E-state index contributed by atoms with van der Waals surface area (Å²) in [4.78, 5) is 33.0. The van der Waals surface area contributed by atoms with Crippen LogP contribution >= 0.6 is 0 Å². The Kier molecular flexibility index (Phi) is 8.35. The molecule has 40 heavy (non-hydrogen) atoms. The van der Waals surface area contributed by atoms with Gasteiger partial charge in [0.05, 0.1) is 30.0 Å².